The van der Waals surface area contributed by atoms with Gasteiger partial charge >= 0.3 is 0 Å². The van der Waals surface area contributed by atoms with Gasteiger partial charge in [-0.2, -0.15) is 0 Å². The normalized spacial score (nSPS) is 12.1. The number of halogens is 1. The molecule has 2 aromatic rings. The van der Waals surface area contributed by atoms with E-state index in [0.717, 1.165) is 11.3 Å². The van der Waals surface area contributed by atoms with E-state index in [1.807, 2.05) is 28.8 Å². The molecule has 0 unspecified atom stereocenters. The third-order valence-corrected chi connectivity index (χ3v) is 3.25. The standard InChI is InChI=1S/C9H9ClN2O2S/c10-15(13,14)6-4-8-7-11-9-3-1-2-5-12(8)9/h1-3,5,7H,4,6H2. The van der Waals surface area contributed by atoms with Crippen LogP contribution in [0.2, 0.25) is 0 Å². The van der Waals surface area contributed by atoms with Crippen LogP contribution in [0, 0.1) is 0 Å². The fraction of sp³-hybridized carbons (Fsp3) is 0.222. The van der Waals surface area contributed by atoms with Crippen LogP contribution < -0.4 is 0 Å². The lowest BCUT2D eigenvalue weighted by molar-refractivity contribution is 0.608. The SMILES string of the molecule is O=S(=O)(Cl)CCc1cnc2ccccn12. The van der Waals surface area contributed by atoms with Crippen LogP contribution >= 0.6 is 10.7 Å². The lowest BCUT2D eigenvalue weighted by atomic mass is 10.3. The van der Waals surface area contributed by atoms with Gasteiger partial charge in [-0.05, 0) is 12.1 Å². The Morgan fingerprint density at radius 1 is 1.40 bits per heavy atom. The summed E-state index contributed by atoms with van der Waals surface area (Å²) in [6, 6.07) is 5.61. The second-order valence-corrected chi connectivity index (χ2v) is 6.07. The van der Waals surface area contributed by atoms with Gasteiger partial charge in [-0.3, -0.25) is 0 Å². The highest BCUT2D eigenvalue weighted by atomic mass is 35.7. The molecule has 0 atom stereocenters. The first-order valence-electron chi connectivity index (χ1n) is 4.39. The van der Waals surface area contributed by atoms with Gasteiger partial charge in [-0.15, -0.1) is 0 Å². The van der Waals surface area contributed by atoms with Crippen LogP contribution in [0.25, 0.3) is 5.65 Å². The first-order valence-corrected chi connectivity index (χ1v) is 6.87. The van der Waals surface area contributed by atoms with Crippen molar-refractivity contribution in [1.29, 1.82) is 0 Å². The summed E-state index contributed by atoms with van der Waals surface area (Å²) in [5, 5.41) is 0. The quantitative estimate of drug-likeness (QED) is 0.768. The molecule has 0 saturated heterocycles. The van der Waals surface area contributed by atoms with Crippen molar-refractivity contribution in [1.82, 2.24) is 9.38 Å². The zero-order chi connectivity index (χ0) is 10.9. The lowest BCUT2D eigenvalue weighted by Gasteiger charge is -1.98. The van der Waals surface area contributed by atoms with Gasteiger partial charge in [0.1, 0.15) is 5.65 Å². The minimum Gasteiger partial charge on any atom is -0.304 e. The number of fused-ring (bicyclic) bond motifs is 1. The van der Waals surface area contributed by atoms with Gasteiger partial charge in [-0.1, -0.05) is 6.07 Å². The Balaban J connectivity index is 2.29. The van der Waals surface area contributed by atoms with Crippen molar-refractivity contribution >= 4 is 25.4 Å². The van der Waals surface area contributed by atoms with Gasteiger partial charge in [0.2, 0.25) is 9.05 Å². The fourth-order valence-corrected chi connectivity index (χ4v) is 2.08. The maximum absolute atomic E-state index is 10.8. The van der Waals surface area contributed by atoms with E-state index in [4.69, 9.17) is 10.7 Å². The smallest absolute Gasteiger partial charge is 0.232 e. The Labute approximate surface area is 91.9 Å². The van der Waals surface area contributed by atoms with Crippen molar-refractivity contribution in [2.45, 2.75) is 6.42 Å². The zero-order valence-electron chi connectivity index (χ0n) is 7.80. The maximum Gasteiger partial charge on any atom is 0.232 e. The summed E-state index contributed by atoms with van der Waals surface area (Å²) in [7, 11) is 1.71. The average Bonchev–Trinajstić information content (AvgIpc) is 2.57. The van der Waals surface area contributed by atoms with Crippen LogP contribution in [0.5, 0.6) is 0 Å². The molecule has 0 aliphatic rings. The highest BCUT2D eigenvalue weighted by molar-refractivity contribution is 8.13. The molecule has 0 radical (unpaired) electrons. The number of nitrogens with zero attached hydrogens (tertiary/aromatic N) is 2. The number of hydrogen-bond acceptors (Lipinski definition) is 3. The van der Waals surface area contributed by atoms with E-state index in [2.05, 4.69) is 4.98 Å². The minimum absolute atomic E-state index is 0.0722. The van der Waals surface area contributed by atoms with E-state index in [1.54, 1.807) is 6.20 Å². The highest BCUT2D eigenvalue weighted by Crippen LogP contribution is 2.08. The Morgan fingerprint density at radius 3 is 2.93 bits per heavy atom. The van der Waals surface area contributed by atoms with E-state index in [0.29, 0.717) is 6.42 Å². The first-order chi connectivity index (χ1) is 7.06. The second-order valence-electron chi connectivity index (χ2n) is 3.17. The van der Waals surface area contributed by atoms with Gasteiger partial charge in [0.05, 0.1) is 5.75 Å². The van der Waals surface area contributed by atoms with Crippen LogP contribution in [-0.2, 0) is 15.5 Å². The molecule has 0 spiro atoms. The monoisotopic (exact) mass is 244 g/mol. The van der Waals surface area contributed by atoms with Gasteiger partial charge < -0.3 is 4.40 Å². The van der Waals surface area contributed by atoms with Gasteiger partial charge in [0.15, 0.2) is 0 Å². The average molecular weight is 245 g/mol. The lowest BCUT2D eigenvalue weighted by Crippen LogP contribution is -2.03. The highest BCUT2D eigenvalue weighted by Gasteiger charge is 2.08. The summed E-state index contributed by atoms with van der Waals surface area (Å²) in [4.78, 5) is 4.14. The predicted octanol–water partition coefficient (Wildman–Crippen LogP) is 1.45. The van der Waals surface area contributed by atoms with E-state index in [9.17, 15) is 8.42 Å². The molecule has 4 nitrogen and oxygen atoms in total. The zero-order valence-corrected chi connectivity index (χ0v) is 9.37. The molecule has 2 heterocycles. The van der Waals surface area contributed by atoms with E-state index in [1.165, 1.54) is 0 Å². The van der Waals surface area contributed by atoms with Crippen molar-refractivity contribution in [3.63, 3.8) is 0 Å². The maximum atomic E-state index is 10.8. The predicted molar refractivity (Wildman–Crippen MR) is 58.5 cm³/mol. The molecule has 15 heavy (non-hydrogen) atoms. The molecular formula is C9H9ClN2O2S. The van der Waals surface area contributed by atoms with Crippen LogP contribution in [0.1, 0.15) is 5.69 Å². The second kappa shape index (κ2) is 3.83. The molecule has 0 fully saturated rings. The Kier molecular flexibility index (Phi) is 2.67. The van der Waals surface area contributed by atoms with Crippen molar-refractivity contribution in [3.8, 4) is 0 Å². The van der Waals surface area contributed by atoms with Crippen molar-refractivity contribution in [2.75, 3.05) is 5.75 Å². The van der Waals surface area contributed by atoms with Crippen LogP contribution in [0.3, 0.4) is 0 Å². The third kappa shape index (κ3) is 2.49. The Morgan fingerprint density at radius 2 is 2.20 bits per heavy atom. The summed E-state index contributed by atoms with van der Waals surface area (Å²) < 4.78 is 23.4. The van der Waals surface area contributed by atoms with Crippen LogP contribution in [0.15, 0.2) is 30.6 Å². The number of pyridine rings is 1. The molecular weight excluding hydrogens is 236 g/mol. The molecule has 0 bridgehead atoms. The molecule has 0 amide bonds. The number of aromatic nitrogens is 2. The first kappa shape index (κ1) is 10.4. The number of hydrogen-bond donors (Lipinski definition) is 0. The summed E-state index contributed by atoms with van der Waals surface area (Å²) in [5.41, 5.74) is 1.65. The van der Waals surface area contributed by atoms with Crippen molar-refractivity contribution < 1.29 is 8.42 Å². The summed E-state index contributed by atoms with van der Waals surface area (Å²) in [5.74, 6) is -0.0722. The van der Waals surface area contributed by atoms with E-state index >= 15 is 0 Å². The van der Waals surface area contributed by atoms with Gasteiger partial charge in [0.25, 0.3) is 0 Å². The number of imidazole rings is 1. The van der Waals surface area contributed by atoms with E-state index in [-0.39, 0.29) is 5.75 Å². The van der Waals surface area contributed by atoms with Crippen LogP contribution in [-0.4, -0.2) is 23.6 Å². The molecule has 2 aromatic heterocycles. The fourth-order valence-electron chi connectivity index (χ4n) is 1.40. The van der Waals surface area contributed by atoms with E-state index < -0.39 is 9.05 Å². The Bertz CT molecular complexity index is 577. The molecule has 80 valence electrons. The topological polar surface area (TPSA) is 51.4 Å². The van der Waals surface area contributed by atoms with Crippen molar-refractivity contribution in [2.24, 2.45) is 0 Å². The van der Waals surface area contributed by atoms with Gasteiger partial charge in [-0.25, -0.2) is 13.4 Å². The third-order valence-electron chi connectivity index (χ3n) is 2.10. The number of aryl methyl sites for hydroxylation is 1. The number of rotatable bonds is 3. The largest absolute Gasteiger partial charge is 0.304 e. The molecule has 0 saturated carbocycles. The molecule has 0 aromatic carbocycles. The minimum atomic E-state index is -3.44. The summed E-state index contributed by atoms with van der Waals surface area (Å²) >= 11 is 0. The molecule has 0 N–H and O–H groups in total. The molecule has 2 rings (SSSR count). The summed E-state index contributed by atoms with van der Waals surface area (Å²) in [6.07, 6.45) is 3.88. The van der Waals surface area contributed by atoms with Crippen molar-refractivity contribution in [3.05, 3.63) is 36.3 Å². The molecule has 0 aliphatic carbocycles. The van der Waals surface area contributed by atoms with Crippen LogP contribution in [0.4, 0.5) is 0 Å². The Hall–Kier alpha value is -1.07. The molecule has 6 heteroatoms. The molecule has 0 aliphatic heterocycles. The van der Waals surface area contributed by atoms with Gasteiger partial charge in [0, 0.05) is 35.2 Å². The summed E-state index contributed by atoms with van der Waals surface area (Å²) in [6.45, 7) is 0.